The van der Waals surface area contributed by atoms with Crippen LogP contribution in [-0.2, 0) is 23.4 Å². The van der Waals surface area contributed by atoms with Crippen LogP contribution in [0.4, 0.5) is 0 Å². The Morgan fingerprint density at radius 3 is 1.91 bits per heavy atom. The molecule has 0 amide bonds. The fraction of sp³-hybridized carbons (Fsp3) is 0.917. The largest absolute Gasteiger partial charge is 0.413 e. The molecule has 3 aliphatic rings. The molecule has 204 valence electrons. The first-order valence-corrected chi connectivity index (χ1v) is 16.5. The lowest BCUT2D eigenvalue weighted by Crippen LogP contribution is -2.64. The van der Waals surface area contributed by atoms with Crippen LogP contribution in [0.15, 0.2) is 10.1 Å². The predicted molar refractivity (Wildman–Crippen MR) is 143 cm³/mol. The molecule has 1 unspecified atom stereocenters. The number of methoxy groups -OCH3 is 2. The molecular weight excluding hydrogens is 554 g/mol. The highest BCUT2D eigenvalue weighted by atomic mass is 35.5. The first-order valence-electron chi connectivity index (χ1n) is 12.1. The molecule has 0 aromatic rings. The van der Waals surface area contributed by atoms with E-state index in [2.05, 4.69) is 33.9 Å². The van der Waals surface area contributed by atoms with Crippen molar-refractivity contribution >= 4 is 54.7 Å². The van der Waals surface area contributed by atoms with Crippen molar-refractivity contribution in [2.75, 3.05) is 20.8 Å². The summed E-state index contributed by atoms with van der Waals surface area (Å²) in [5.41, 5.74) is 0. The highest BCUT2D eigenvalue weighted by Gasteiger charge is 2.88. The average Bonchev–Trinajstić information content (AvgIpc) is 3.01. The van der Waals surface area contributed by atoms with Gasteiger partial charge < -0.3 is 28.5 Å². The van der Waals surface area contributed by atoms with Crippen LogP contribution in [0, 0.1) is 17.8 Å². The average molecular weight is 594 g/mol. The van der Waals surface area contributed by atoms with E-state index in [0.29, 0.717) is 6.61 Å². The highest BCUT2D eigenvalue weighted by Crippen LogP contribution is 2.76. The zero-order chi connectivity index (χ0) is 26.9. The minimum atomic E-state index is -2.34. The van der Waals surface area contributed by atoms with Gasteiger partial charge in [0, 0.05) is 38.6 Å². The molecule has 3 aliphatic carbocycles. The number of alkyl halides is 2. The number of fused-ring (bicyclic) bond motifs is 5. The molecule has 2 bridgehead atoms. The molecular formula is C24H40Cl4O6Si. The van der Waals surface area contributed by atoms with Gasteiger partial charge in [0.15, 0.2) is 14.6 Å². The quantitative estimate of drug-likeness (QED) is 0.210. The lowest BCUT2D eigenvalue weighted by molar-refractivity contribution is -0.234. The fourth-order valence-corrected chi connectivity index (χ4v) is 9.74. The van der Waals surface area contributed by atoms with Gasteiger partial charge in [0.05, 0.1) is 28.4 Å². The Kier molecular flexibility index (Phi) is 8.53. The molecule has 0 saturated heterocycles. The molecule has 9 atom stereocenters. The summed E-state index contributed by atoms with van der Waals surface area (Å²) in [6.45, 7) is 17.0. The molecule has 11 heteroatoms. The van der Waals surface area contributed by atoms with E-state index >= 15 is 0 Å². The third-order valence-corrected chi connectivity index (χ3v) is 15.9. The van der Waals surface area contributed by atoms with Crippen molar-refractivity contribution in [2.24, 2.45) is 17.8 Å². The van der Waals surface area contributed by atoms with Gasteiger partial charge in [-0.3, -0.25) is 0 Å². The lowest BCUT2D eigenvalue weighted by Gasteiger charge is -2.54. The van der Waals surface area contributed by atoms with Crippen LogP contribution in [-0.4, -0.2) is 74.4 Å². The zero-order valence-corrected chi connectivity index (χ0v) is 26.3. The van der Waals surface area contributed by atoms with Crippen LogP contribution in [0.5, 0.6) is 0 Å². The Hall–Kier alpha value is 0.877. The normalized spacial score (nSPS) is 41.9. The maximum Gasteiger partial charge on any atom is 0.217 e. The van der Waals surface area contributed by atoms with Gasteiger partial charge in [-0.15, -0.1) is 23.2 Å². The Balaban J connectivity index is 2.24. The van der Waals surface area contributed by atoms with Gasteiger partial charge in [0.2, 0.25) is 5.79 Å². The zero-order valence-electron chi connectivity index (χ0n) is 22.2. The molecule has 3 rings (SSSR count). The molecule has 0 aromatic heterocycles. The van der Waals surface area contributed by atoms with E-state index in [1.807, 2.05) is 13.8 Å². The van der Waals surface area contributed by atoms with E-state index < -0.39 is 60.3 Å². The molecule has 2 fully saturated rings. The Bertz CT molecular complexity index is 846. The lowest BCUT2D eigenvalue weighted by atomic mass is 9.64. The minimum Gasteiger partial charge on any atom is -0.413 e. The Morgan fingerprint density at radius 2 is 1.49 bits per heavy atom. The Labute approximate surface area is 231 Å². The molecule has 1 N–H and O–H groups in total. The second kappa shape index (κ2) is 9.81. The van der Waals surface area contributed by atoms with Gasteiger partial charge in [0.25, 0.3) is 0 Å². The fourth-order valence-electron chi connectivity index (χ4n) is 6.08. The van der Waals surface area contributed by atoms with Gasteiger partial charge in [-0.25, -0.2) is 0 Å². The SMILES string of the molecule is CCOC(C)O[C@@H]1[C@H](C)[C@@H](O[Si](C)(C)C(C)(C)C)[C@@H]2[C@H]([C@H]1O)[C@]1(Cl)C(Cl)=C(Cl)[C@@]2(Cl)C1(OC)OC. The van der Waals surface area contributed by atoms with Gasteiger partial charge >= 0.3 is 0 Å². The van der Waals surface area contributed by atoms with Crippen molar-refractivity contribution in [3.8, 4) is 0 Å². The minimum absolute atomic E-state index is 0.0835. The molecule has 6 nitrogen and oxygen atoms in total. The van der Waals surface area contributed by atoms with E-state index in [1.165, 1.54) is 14.2 Å². The topological polar surface area (TPSA) is 66.4 Å². The van der Waals surface area contributed by atoms with E-state index in [4.69, 9.17) is 69.8 Å². The van der Waals surface area contributed by atoms with Crippen molar-refractivity contribution in [3.05, 3.63) is 10.1 Å². The molecule has 0 radical (unpaired) electrons. The summed E-state index contributed by atoms with van der Waals surface area (Å²) in [5.74, 6) is -3.23. The van der Waals surface area contributed by atoms with Crippen molar-refractivity contribution in [1.29, 1.82) is 0 Å². The van der Waals surface area contributed by atoms with Crippen molar-refractivity contribution in [1.82, 2.24) is 0 Å². The number of halogens is 4. The van der Waals surface area contributed by atoms with Crippen LogP contribution >= 0.6 is 46.4 Å². The van der Waals surface area contributed by atoms with Crippen LogP contribution < -0.4 is 0 Å². The van der Waals surface area contributed by atoms with Gasteiger partial charge in [0.1, 0.15) is 9.75 Å². The van der Waals surface area contributed by atoms with Crippen molar-refractivity contribution in [2.45, 2.75) is 99.8 Å². The number of rotatable bonds is 8. The summed E-state index contributed by atoms with van der Waals surface area (Å²) < 4.78 is 30.8. The van der Waals surface area contributed by atoms with E-state index in [-0.39, 0.29) is 21.0 Å². The van der Waals surface area contributed by atoms with Gasteiger partial charge in [-0.2, -0.15) is 0 Å². The number of hydrogen-bond donors (Lipinski definition) is 1. The van der Waals surface area contributed by atoms with Gasteiger partial charge in [-0.05, 0) is 32.0 Å². The van der Waals surface area contributed by atoms with E-state index in [0.717, 1.165) is 0 Å². The van der Waals surface area contributed by atoms with Crippen LogP contribution in [0.1, 0.15) is 41.5 Å². The third kappa shape index (κ3) is 3.94. The smallest absolute Gasteiger partial charge is 0.217 e. The summed E-state index contributed by atoms with van der Waals surface area (Å²) in [7, 11) is 0.580. The molecule has 0 spiro atoms. The molecule has 0 aromatic carbocycles. The monoisotopic (exact) mass is 592 g/mol. The van der Waals surface area contributed by atoms with Gasteiger partial charge in [-0.1, -0.05) is 50.9 Å². The number of hydrogen-bond acceptors (Lipinski definition) is 6. The Morgan fingerprint density at radius 1 is 1.00 bits per heavy atom. The standard InChI is InChI=1S/C24H40Cl4O6Si/c1-11-32-13(3)33-18-12(2)17(34-35(9,10)21(4,5)6)15-14(16(18)29)22(27)19(25)20(26)23(15,28)24(22,30-7)31-8/h12-18,29H,11H2,1-10H3/t12-,13?,14-,15+,16-,17-,18-,22+,23-/m1/s1. The summed E-state index contributed by atoms with van der Waals surface area (Å²) in [4.78, 5) is -3.05. The van der Waals surface area contributed by atoms with Crippen molar-refractivity contribution < 1.29 is 28.5 Å². The predicted octanol–water partition coefficient (Wildman–Crippen LogP) is 6.05. The van der Waals surface area contributed by atoms with Crippen LogP contribution in [0.25, 0.3) is 0 Å². The maximum absolute atomic E-state index is 11.8. The third-order valence-electron chi connectivity index (χ3n) is 8.75. The second-order valence-corrected chi connectivity index (χ2v) is 18.1. The summed E-state index contributed by atoms with van der Waals surface area (Å²) in [6, 6.07) is 0. The first kappa shape index (κ1) is 30.4. The van der Waals surface area contributed by atoms with Crippen molar-refractivity contribution in [3.63, 3.8) is 0 Å². The summed E-state index contributed by atoms with van der Waals surface area (Å²) in [6.07, 6.45) is -2.77. The first-order chi connectivity index (χ1) is 15.9. The molecule has 0 heterocycles. The number of ether oxygens (including phenoxy) is 4. The number of aliphatic hydroxyl groups is 1. The van der Waals surface area contributed by atoms with E-state index in [1.54, 1.807) is 6.92 Å². The second-order valence-electron chi connectivity index (χ2n) is 11.4. The molecule has 2 saturated carbocycles. The highest BCUT2D eigenvalue weighted by molar-refractivity contribution is 6.74. The molecule has 0 aliphatic heterocycles. The van der Waals surface area contributed by atoms with Crippen LogP contribution in [0.2, 0.25) is 18.1 Å². The summed E-state index contributed by atoms with van der Waals surface area (Å²) >= 11 is 28.4. The maximum atomic E-state index is 11.8. The number of aliphatic hydroxyl groups excluding tert-OH is 1. The van der Waals surface area contributed by atoms with Crippen LogP contribution in [0.3, 0.4) is 0 Å². The van der Waals surface area contributed by atoms with E-state index in [9.17, 15) is 5.11 Å². The summed E-state index contributed by atoms with van der Waals surface area (Å²) in [5, 5.41) is 12.0. The molecule has 35 heavy (non-hydrogen) atoms.